The Morgan fingerprint density at radius 3 is 2.60 bits per heavy atom. The molecule has 0 fully saturated rings. The number of benzene rings is 1. The van der Waals surface area contributed by atoms with Gasteiger partial charge in [0.2, 0.25) is 0 Å². The van der Waals surface area contributed by atoms with E-state index in [1.807, 2.05) is 6.07 Å². The number of carboxylic acid groups (broad SMARTS) is 1. The topological polar surface area (TPSA) is 66.8 Å². The maximum Gasteiger partial charge on any atom is 0.326 e. The van der Waals surface area contributed by atoms with Crippen LogP contribution in [0.15, 0.2) is 30.8 Å². The zero-order chi connectivity index (χ0) is 14.7. The third kappa shape index (κ3) is 2.44. The Labute approximate surface area is 117 Å². The standard InChI is InChI=1S/C15H17NO4/c1-10-11-6-3-4-7-12(11)14(17)16(10)13(15(18)19)8-5-9-20-2/h3-4,6-7,13H,1,5,8-9H2,2H3,(H,18,19). The lowest BCUT2D eigenvalue weighted by Crippen LogP contribution is -2.40. The molecule has 0 radical (unpaired) electrons. The van der Waals surface area contributed by atoms with Gasteiger partial charge in [-0.05, 0) is 18.9 Å². The number of carbonyl (C=O) groups is 2. The molecule has 0 aliphatic carbocycles. The van der Waals surface area contributed by atoms with Gasteiger partial charge in [0.1, 0.15) is 6.04 Å². The molecule has 1 aliphatic heterocycles. The Balaban J connectivity index is 2.25. The Kier molecular flexibility index (Phi) is 4.20. The number of carboxylic acids is 1. The van der Waals surface area contributed by atoms with Gasteiger partial charge in [0.25, 0.3) is 5.91 Å². The second-order valence-corrected chi connectivity index (χ2v) is 4.66. The van der Waals surface area contributed by atoms with Crippen LogP contribution in [0.1, 0.15) is 28.8 Å². The summed E-state index contributed by atoms with van der Waals surface area (Å²) in [5.41, 5.74) is 1.67. The van der Waals surface area contributed by atoms with Gasteiger partial charge >= 0.3 is 5.97 Å². The van der Waals surface area contributed by atoms with E-state index in [2.05, 4.69) is 6.58 Å². The van der Waals surface area contributed by atoms with Crippen molar-refractivity contribution < 1.29 is 19.4 Å². The quantitative estimate of drug-likeness (QED) is 0.806. The minimum atomic E-state index is -1.02. The maximum absolute atomic E-state index is 12.4. The predicted molar refractivity (Wildman–Crippen MR) is 74.2 cm³/mol. The van der Waals surface area contributed by atoms with E-state index in [1.165, 1.54) is 4.90 Å². The highest BCUT2D eigenvalue weighted by molar-refractivity contribution is 6.10. The van der Waals surface area contributed by atoms with Crippen molar-refractivity contribution in [1.82, 2.24) is 4.90 Å². The average Bonchev–Trinajstić information content (AvgIpc) is 2.68. The highest BCUT2D eigenvalue weighted by Crippen LogP contribution is 2.33. The van der Waals surface area contributed by atoms with E-state index in [0.717, 1.165) is 0 Å². The highest BCUT2D eigenvalue weighted by Gasteiger charge is 2.38. The second-order valence-electron chi connectivity index (χ2n) is 4.66. The smallest absolute Gasteiger partial charge is 0.326 e. The van der Waals surface area contributed by atoms with Crippen LogP contribution in [-0.4, -0.2) is 41.6 Å². The van der Waals surface area contributed by atoms with Gasteiger partial charge < -0.3 is 9.84 Å². The van der Waals surface area contributed by atoms with Gasteiger partial charge in [-0.1, -0.05) is 24.8 Å². The fraction of sp³-hybridized carbons (Fsp3) is 0.333. The van der Waals surface area contributed by atoms with Crippen LogP contribution in [-0.2, 0) is 9.53 Å². The molecule has 0 aromatic heterocycles. The van der Waals surface area contributed by atoms with E-state index >= 15 is 0 Å². The molecule has 1 heterocycles. The summed E-state index contributed by atoms with van der Waals surface area (Å²) in [5, 5.41) is 9.37. The second kappa shape index (κ2) is 5.88. The number of rotatable bonds is 6. The summed E-state index contributed by atoms with van der Waals surface area (Å²) in [4.78, 5) is 25.1. The van der Waals surface area contributed by atoms with Crippen LogP contribution in [0.25, 0.3) is 5.70 Å². The van der Waals surface area contributed by atoms with Crippen LogP contribution in [0.2, 0.25) is 0 Å². The summed E-state index contributed by atoms with van der Waals surface area (Å²) in [5.74, 6) is -1.32. The maximum atomic E-state index is 12.4. The SMILES string of the molecule is C=C1c2ccccc2C(=O)N1C(CCCOC)C(=O)O. The summed E-state index contributed by atoms with van der Waals surface area (Å²) < 4.78 is 4.93. The molecule has 0 bridgehead atoms. The number of hydrogen-bond donors (Lipinski definition) is 1. The molecule has 0 spiro atoms. The molecular weight excluding hydrogens is 258 g/mol. The van der Waals surface area contributed by atoms with Crippen LogP contribution < -0.4 is 0 Å². The van der Waals surface area contributed by atoms with E-state index in [9.17, 15) is 14.7 Å². The van der Waals surface area contributed by atoms with Gasteiger partial charge in [-0.15, -0.1) is 0 Å². The molecule has 0 saturated carbocycles. The summed E-state index contributed by atoms with van der Waals surface area (Å²) >= 11 is 0. The van der Waals surface area contributed by atoms with Crippen molar-refractivity contribution in [2.45, 2.75) is 18.9 Å². The van der Waals surface area contributed by atoms with Gasteiger partial charge in [-0.2, -0.15) is 0 Å². The zero-order valence-electron chi connectivity index (χ0n) is 11.3. The van der Waals surface area contributed by atoms with E-state index in [1.54, 1.807) is 25.3 Å². The molecule has 1 aromatic rings. The van der Waals surface area contributed by atoms with E-state index < -0.39 is 12.0 Å². The van der Waals surface area contributed by atoms with Crippen molar-refractivity contribution in [3.8, 4) is 0 Å². The van der Waals surface area contributed by atoms with Crippen molar-refractivity contribution in [2.75, 3.05) is 13.7 Å². The van der Waals surface area contributed by atoms with Crippen molar-refractivity contribution >= 4 is 17.6 Å². The van der Waals surface area contributed by atoms with Gasteiger partial charge in [-0.25, -0.2) is 4.79 Å². The molecule has 1 atom stereocenters. The number of methoxy groups -OCH3 is 1. The number of carbonyl (C=O) groups excluding carboxylic acids is 1. The monoisotopic (exact) mass is 275 g/mol. The molecule has 1 aliphatic rings. The summed E-state index contributed by atoms with van der Waals surface area (Å²) in [7, 11) is 1.56. The zero-order valence-corrected chi connectivity index (χ0v) is 11.3. The van der Waals surface area contributed by atoms with Crippen LogP contribution in [0, 0.1) is 0 Å². The third-order valence-corrected chi connectivity index (χ3v) is 3.40. The van der Waals surface area contributed by atoms with Crippen LogP contribution in [0.3, 0.4) is 0 Å². The van der Waals surface area contributed by atoms with E-state index in [4.69, 9.17) is 4.74 Å². The van der Waals surface area contributed by atoms with Crippen molar-refractivity contribution in [2.24, 2.45) is 0 Å². The number of ether oxygens (including phenoxy) is 1. The molecule has 20 heavy (non-hydrogen) atoms. The lowest BCUT2D eigenvalue weighted by atomic mass is 10.1. The Hall–Kier alpha value is -2.14. The van der Waals surface area contributed by atoms with E-state index in [0.29, 0.717) is 36.3 Å². The van der Waals surface area contributed by atoms with Crippen LogP contribution >= 0.6 is 0 Å². The van der Waals surface area contributed by atoms with Crippen molar-refractivity contribution in [3.05, 3.63) is 42.0 Å². The molecule has 5 heteroatoms. The lowest BCUT2D eigenvalue weighted by molar-refractivity contribution is -0.141. The third-order valence-electron chi connectivity index (χ3n) is 3.40. The number of amides is 1. The molecule has 1 unspecified atom stereocenters. The molecule has 2 rings (SSSR count). The minimum Gasteiger partial charge on any atom is -0.480 e. The fourth-order valence-corrected chi connectivity index (χ4v) is 2.42. The highest BCUT2D eigenvalue weighted by atomic mass is 16.5. The van der Waals surface area contributed by atoms with Crippen LogP contribution in [0.5, 0.6) is 0 Å². The Morgan fingerprint density at radius 2 is 2.05 bits per heavy atom. The number of aliphatic carboxylic acids is 1. The molecule has 5 nitrogen and oxygen atoms in total. The first-order valence-electron chi connectivity index (χ1n) is 6.41. The van der Waals surface area contributed by atoms with Gasteiger partial charge in [0.05, 0.1) is 0 Å². The predicted octanol–water partition coefficient (Wildman–Crippen LogP) is 1.99. The summed E-state index contributed by atoms with van der Waals surface area (Å²) in [6.07, 6.45) is 0.906. The van der Waals surface area contributed by atoms with Crippen LogP contribution in [0.4, 0.5) is 0 Å². The summed E-state index contributed by atoms with van der Waals surface area (Å²) in [6, 6.07) is 6.13. The van der Waals surface area contributed by atoms with E-state index in [-0.39, 0.29) is 5.91 Å². The largest absolute Gasteiger partial charge is 0.480 e. The van der Waals surface area contributed by atoms with Gasteiger partial charge in [-0.3, -0.25) is 9.69 Å². The first kappa shape index (κ1) is 14.3. The lowest BCUT2D eigenvalue weighted by Gasteiger charge is -2.25. The van der Waals surface area contributed by atoms with Crippen molar-refractivity contribution in [1.29, 1.82) is 0 Å². The molecule has 1 aromatic carbocycles. The van der Waals surface area contributed by atoms with Gasteiger partial charge in [0.15, 0.2) is 0 Å². The normalized spacial score (nSPS) is 15.3. The van der Waals surface area contributed by atoms with Gasteiger partial charge in [0, 0.05) is 30.5 Å². The molecule has 0 saturated heterocycles. The first-order chi connectivity index (χ1) is 9.57. The molecule has 106 valence electrons. The number of nitrogens with zero attached hydrogens (tertiary/aromatic N) is 1. The average molecular weight is 275 g/mol. The molecule has 1 N–H and O–H groups in total. The number of fused-ring (bicyclic) bond motifs is 1. The Bertz CT molecular complexity index is 518. The molecule has 1 amide bonds. The first-order valence-corrected chi connectivity index (χ1v) is 6.41. The minimum absolute atomic E-state index is 0.296. The fourth-order valence-electron chi connectivity index (χ4n) is 2.42. The van der Waals surface area contributed by atoms with Crippen molar-refractivity contribution in [3.63, 3.8) is 0 Å². The summed E-state index contributed by atoms with van der Waals surface area (Å²) in [6.45, 7) is 4.33. The molecular formula is C15H17NO4. The number of hydrogen-bond acceptors (Lipinski definition) is 3. The Morgan fingerprint density at radius 1 is 1.40 bits per heavy atom.